The third-order valence-electron chi connectivity index (χ3n) is 6.52. The molecule has 0 aliphatic heterocycles. The number of carbonyl (C=O) groups is 2. The maximum atomic E-state index is 14.1. The normalized spacial score (nSPS) is 12.5. The van der Waals surface area contributed by atoms with Gasteiger partial charge in [-0.25, -0.2) is 8.42 Å². The number of nitrogens with zero attached hydrogens (tertiary/aromatic N) is 2. The summed E-state index contributed by atoms with van der Waals surface area (Å²) >= 11 is 12.3. The van der Waals surface area contributed by atoms with Crippen molar-refractivity contribution < 1.29 is 18.0 Å². The van der Waals surface area contributed by atoms with Crippen LogP contribution in [-0.2, 0) is 26.2 Å². The van der Waals surface area contributed by atoms with Crippen molar-refractivity contribution in [3.8, 4) is 0 Å². The molecule has 0 aliphatic rings. The Bertz CT molecular complexity index is 1530. The number of nitrogens with one attached hydrogen (secondary N) is 1. The molecule has 1 unspecified atom stereocenters. The fourth-order valence-corrected chi connectivity index (χ4v) is 6.02. The summed E-state index contributed by atoms with van der Waals surface area (Å²) in [7, 11) is -4.15. The van der Waals surface area contributed by atoms with E-state index in [1.54, 1.807) is 50.2 Å². The first-order chi connectivity index (χ1) is 19.0. The second kappa shape index (κ2) is 12.8. The minimum atomic E-state index is -4.15. The number of benzene rings is 3. The lowest BCUT2D eigenvalue weighted by Crippen LogP contribution is -2.54. The van der Waals surface area contributed by atoms with Crippen molar-refractivity contribution in [1.29, 1.82) is 0 Å². The van der Waals surface area contributed by atoms with Crippen molar-refractivity contribution in [3.63, 3.8) is 0 Å². The summed E-state index contributed by atoms with van der Waals surface area (Å²) in [6, 6.07) is 16.0. The molecule has 0 radical (unpaired) electrons. The summed E-state index contributed by atoms with van der Waals surface area (Å²) in [5.41, 5.74) is 2.93. The first kappa shape index (κ1) is 32.4. The molecule has 3 rings (SSSR count). The van der Waals surface area contributed by atoms with E-state index in [1.807, 2.05) is 46.8 Å². The SMILES string of the molecule is Cc1ccc(S(=O)(=O)N(CC(=O)N(Cc2ccc(Cl)c(Cl)c2)C(C)C(=O)NC(C)(C)C)c2cc(C)ccc2C)cc1. The van der Waals surface area contributed by atoms with Gasteiger partial charge in [0.25, 0.3) is 10.0 Å². The van der Waals surface area contributed by atoms with E-state index in [0.717, 1.165) is 15.4 Å². The van der Waals surface area contributed by atoms with Crippen molar-refractivity contribution >= 4 is 50.7 Å². The third-order valence-corrected chi connectivity index (χ3v) is 9.04. The standard InChI is InChI=1S/C31H37Cl2N3O4S/c1-20-9-13-25(14-10-20)41(39,40)36(28-16-21(2)8-11-22(28)3)19-29(37)35(23(4)30(38)34-31(5,6)7)18-24-12-15-26(32)27(33)17-24/h8-17,23H,18-19H2,1-7H3,(H,34,38). The molecule has 10 heteroatoms. The molecule has 0 fully saturated rings. The zero-order chi connectivity index (χ0) is 30.7. The molecule has 3 aromatic rings. The number of aryl methyl sites for hydroxylation is 3. The van der Waals surface area contributed by atoms with Crippen LogP contribution in [0.3, 0.4) is 0 Å². The van der Waals surface area contributed by atoms with Gasteiger partial charge in [-0.3, -0.25) is 13.9 Å². The highest BCUT2D eigenvalue weighted by molar-refractivity contribution is 7.92. The van der Waals surface area contributed by atoms with Crippen LogP contribution in [0.25, 0.3) is 0 Å². The molecule has 2 amide bonds. The van der Waals surface area contributed by atoms with E-state index in [9.17, 15) is 18.0 Å². The van der Waals surface area contributed by atoms with Crippen LogP contribution in [0, 0.1) is 20.8 Å². The van der Waals surface area contributed by atoms with E-state index in [4.69, 9.17) is 23.2 Å². The Morgan fingerprint density at radius 1 is 0.878 bits per heavy atom. The minimum Gasteiger partial charge on any atom is -0.350 e. The van der Waals surface area contributed by atoms with Crippen LogP contribution in [-0.4, -0.2) is 43.3 Å². The predicted molar refractivity (Wildman–Crippen MR) is 166 cm³/mol. The summed E-state index contributed by atoms with van der Waals surface area (Å²) in [6.45, 7) is 12.2. The highest BCUT2D eigenvalue weighted by Crippen LogP contribution is 2.29. The lowest BCUT2D eigenvalue weighted by atomic mass is 10.1. The van der Waals surface area contributed by atoms with Crippen LogP contribution >= 0.6 is 23.2 Å². The number of carbonyl (C=O) groups excluding carboxylic acids is 2. The Hall–Kier alpha value is -3.07. The molecular weight excluding hydrogens is 581 g/mol. The van der Waals surface area contributed by atoms with Gasteiger partial charge in [-0.1, -0.05) is 59.1 Å². The topological polar surface area (TPSA) is 86.8 Å². The molecular formula is C31H37Cl2N3O4S. The molecule has 0 saturated carbocycles. The molecule has 220 valence electrons. The van der Waals surface area contributed by atoms with Crippen LogP contribution in [0.4, 0.5) is 5.69 Å². The summed E-state index contributed by atoms with van der Waals surface area (Å²) in [5.74, 6) is -0.921. The van der Waals surface area contributed by atoms with E-state index in [-0.39, 0.29) is 17.3 Å². The average Bonchev–Trinajstić information content (AvgIpc) is 2.88. The maximum absolute atomic E-state index is 14.1. The van der Waals surface area contributed by atoms with Crippen molar-refractivity contribution in [2.24, 2.45) is 0 Å². The molecule has 1 atom stereocenters. The monoisotopic (exact) mass is 617 g/mol. The number of rotatable bonds is 9. The molecule has 0 saturated heterocycles. The molecule has 0 bridgehead atoms. The number of hydrogen-bond donors (Lipinski definition) is 1. The smallest absolute Gasteiger partial charge is 0.264 e. The summed E-state index contributed by atoms with van der Waals surface area (Å²) in [4.78, 5) is 28.8. The molecule has 0 spiro atoms. The van der Waals surface area contributed by atoms with Gasteiger partial charge in [-0.2, -0.15) is 0 Å². The minimum absolute atomic E-state index is 0.0136. The second-order valence-electron chi connectivity index (χ2n) is 11.3. The van der Waals surface area contributed by atoms with Crippen LogP contribution < -0.4 is 9.62 Å². The second-order valence-corrected chi connectivity index (χ2v) is 14.0. The van der Waals surface area contributed by atoms with Crippen molar-refractivity contribution in [2.75, 3.05) is 10.8 Å². The Balaban J connectivity index is 2.09. The molecule has 7 nitrogen and oxygen atoms in total. The number of halogens is 2. The van der Waals surface area contributed by atoms with Gasteiger partial charge in [0.1, 0.15) is 12.6 Å². The zero-order valence-corrected chi connectivity index (χ0v) is 26.8. The Kier molecular flexibility index (Phi) is 10.2. The number of amides is 2. The zero-order valence-electron chi connectivity index (χ0n) is 24.5. The Labute approximate surface area is 253 Å². The number of hydrogen-bond acceptors (Lipinski definition) is 4. The van der Waals surface area contributed by atoms with Crippen molar-refractivity contribution in [2.45, 2.75) is 71.5 Å². The van der Waals surface area contributed by atoms with Gasteiger partial charge >= 0.3 is 0 Å². The predicted octanol–water partition coefficient (Wildman–Crippen LogP) is 6.45. The molecule has 0 aromatic heterocycles. The summed E-state index contributed by atoms with van der Waals surface area (Å²) in [6.07, 6.45) is 0. The van der Waals surface area contributed by atoms with E-state index >= 15 is 0 Å². The Morgan fingerprint density at radius 2 is 1.49 bits per heavy atom. The molecule has 3 aromatic carbocycles. The van der Waals surface area contributed by atoms with Gasteiger partial charge in [0, 0.05) is 12.1 Å². The number of sulfonamides is 1. The molecule has 0 aliphatic carbocycles. The van der Waals surface area contributed by atoms with Crippen LogP contribution in [0.1, 0.15) is 49.9 Å². The lowest BCUT2D eigenvalue weighted by molar-refractivity contribution is -0.140. The molecule has 41 heavy (non-hydrogen) atoms. The van der Waals surface area contributed by atoms with E-state index in [2.05, 4.69) is 5.32 Å². The largest absolute Gasteiger partial charge is 0.350 e. The van der Waals surface area contributed by atoms with E-state index in [0.29, 0.717) is 26.9 Å². The average molecular weight is 619 g/mol. The van der Waals surface area contributed by atoms with Crippen LogP contribution in [0.5, 0.6) is 0 Å². The van der Waals surface area contributed by atoms with Crippen molar-refractivity contribution in [3.05, 3.63) is 93.0 Å². The van der Waals surface area contributed by atoms with Gasteiger partial charge in [-0.15, -0.1) is 0 Å². The number of anilines is 1. The van der Waals surface area contributed by atoms with E-state index in [1.165, 1.54) is 17.0 Å². The van der Waals surface area contributed by atoms with Gasteiger partial charge in [-0.05, 0) is 95.5 Å². The lowest BCUT2D eigenvalue weighted by Gasteiger charge is -2.34. The van der Waals surface area contributed by atoms with Crippen LogP contribution in [0.15, 0.2) is 65.6 Å². The third kappa shape index (κ3) is 8.24. The van der Waals surface area contributed by atoms with Crippen molar-refractivity contribution in [1.82, 2.24) is 10.2 Å². The van der Waals surface area contributed by atoms with Gasteiger partial charge in [0.15, 0.2) is 0 Å². The first-order valence-electron chi connectivity index (χ1n) is 13.2. The highest BCUT2D eigenvalue weighted by Gasteiger charge is 2.34. The maximum Gasteiger partial charge on any atom is 0.264 e. The van der Waals surface area contributed by atoms with Gasteiger partial charge in [0.05, 0.1) is 20.6 Å². The highest BCUT2D eigenvalue weighted by atomic mass is 35.5. The first-order valence-corrected chi connectivity index (χ1v) is 15.4. The summed E-state index contributed by atoms with van der Waals surface area (Å²) < 4.78 is 29.2. The molecule has 1 N–H and O–H groups in total. The molecule has 0 heterocycles. The fourth-order valence-electron chi connectivity index (χ4n) is 4.23. The van der Waals surface area contributed by atoms with Gasteiger partial charge in [0.2, 0.25) is 11.8 Å². The summed E-state index contributed by atoms with van der Waals surface area (Å²) in [5, 5.41) is 3.58. The quantitative estimate of drug-likeness (QED) is 0.299. The fraction of sp³-hybridized carbons (Fsp3) is 0.355. The van der Waals surface area contributed by atoms with Gasteiger partial charge < -0.3 is 10.2 Å². The van der Waals surface area contributed by atoms with Crippen LogP contribution in [0.2, 0.25) is 10.0 Å². The Morgan fingerprint density at radius 3 is 2.07 bits per heavy atom. The van der Waals surface area contributed by atoms with E-state index < -0.39 is 34.1 Å².